The number of rotatable bonds is 3. The summed E-state index contributed by atoms with van der Waals surface area (Å²) in [6.45, 7) is 2.11. The Morgan fingerprint density at radius 2 is 1.84 bits per heavy atom. The minimum atomic E-state index is -0.203. The SMILES string of the molecule is O=C(C1CC(=O)N(c2ccccc2)C1)N1CCC(c2ccsc2)CC1. The molecule has 1 aromatic carbocycles. The number of para-hydroxylation sites is 1. The molecule has 0 aliphatic carbocycles. The van der Waals surface area contributed by atoms with Gasteiger partial charge in [0, 0.05) is 31.7 Å². The lowest BCUT2D eigenvalue weighted by atomic mass is 9.90. The van der Waals surface area contributed by atoms with Crippen LogP contribution in [-0.2, 0) is 9.59 Å². The summed E-state index contributed by atoms with van der Waals surface area (Å²) in [5.41, 5.74) is 2.29. The Bertz CT molecular complexity index is 736. The van der Waals surface area contributed by atoms with Crippen LogP contribution in [-0.4, -0.2) is 36.3 Å². The molecule has 4 nitrogen and oxygen atoms in total. The molecule has 2 aromatic rings. The van der Waals surface area contributed by atoms with Crippen LogP contribution >= 0.6 is 11.3 Å². The van der Waals surface area contributed by atoms with Crippen molar-refractivity contribution in [3.63, 3.8) is 0 Å². The number of nitrogens with zero attached hydrogens (tertiary/aromatic N) is 2. The van der Waals surface area contributed by atoms with E-state index in [1.807, 2.05) is 35.2 Å². The Kier molecular flexibility index (Phi) is 4.57. The summed E-state index contributed by atoms with van der Waals surface area (Å²) in [5, 5.41) is 4.34. The third kappa shape index (κ3) is 3.33. The van der Waals surface area contributed by atoms with Gasteiger partial charge in [-0.2, -0.15) is 11.3 Å². The smallest absolute Gasteiger partial charge is 0.228 e. The van der Waals surface area contributed by atoms with Crippen molar-refractivity contribution >= 4 is 28.8 Å². The van der Waals surface area contributed by atoms with Crippen molar-refractivity contribution in [3.05, 3.63) is 52.7 Å². The third-order valence-electron chi connectivity index (χ3n) is 5.36. The van der Waals surface area contributed by atoms with Gasteiger partial charge in [-0.25, -0.2) is 0 Å². The summed E-state index contributed by atoms with van der Waals surface area (Å²) >= 11 is 1.74. The minimum absolute atomic E-state index is 0.0534. The van der Waals surface area contributed by atoms with Gasteiger partial charge in [-0.05, 0) is 53.3 Å². The molecule has 4 rings (SSSR count). The zero-order valence-corrected chi connectivity index (χ0v) is 15.0. The fourth-order valence-electron chi connectivity index (χ4n) is 3.93. The van der Waals surface area contributed by atoms with Crippen molar-refractivity contribution in [2.45, 2.75) is 25.2 Å². The minimum Gasteiger partial charge on any atom is -0.342 e. The second-order valence-corrected chi connectivity index (χ2v) is 7.68. The number of hydrogen-bond donors (Lipinski definition) is 0. The van der Waals surface area contributed by atoms with Crippen molar-refractivity contribution < 1.29 is 9.59 Å². The molecule has 25 heavy (non-hydrogen) atoms. The number of hydrogen-bond acceptors (Lipinski definition) is 3. The molecule has 3 heterocycles. The molecular weight excluding hydrogens is 332 g/mol. The first-order valence-corrected chi connectivity index (χ1v) is 9.83. The van der Waals surface area contributed by atoms with Crippen LogP contribution in [0, 0.1) is 5.92 Å². The number of piperidine rings is 1. The van der Waals surface area contributed by atoms with Crippen LogP contribution in [0.5, 0.6) is 0 Å². The Balaban J connectivity index is 1.37. The van der Waals surface area contributed by atoms with Gasteiger partial charge >= 0.3 is 0 Å². The predicted octanol–water partition coefficient (Wildman–Crippen LogP) is 3.51. The van der Waals surface area contributed by atoms with Gasteiger partial charge in [0.1, 0.15) is 0 Å². The van der Waals surface area contributed by atoms with Crippen molar-refractivity contribution in [2.75, 3.05) is 24.5 Å². The maximum atomic E-state index is 12.9. The first-order chi connectivity index (χ1) is 12.2. The van der Waals surface area contributed by atoms with Crippen LogP contribution in [0.1, 0.15) is 30.7 Å². The number of benzene rings is 1. The summed E-state index contributed by atoms with van der Waals surface area (Å²) in [5.74, 6) is 0.569. The molecule has 2 fully saturated rings. The van der Waals surface area contributed by atoms with Crippen LogP contribution in [0.25, 0.3) is 0 Å². The summed E-state index contributed by atoms with van der Waals surface area (Å²) < 4.78 is 0. The van der Waals surface area contributed by atoms with Gasteiger partial charge < -0.3 is 9.80 Å². The number of amides is 2. The van der Waals surface area contributed by atoms with Gasteiger partial charge in [-0.15, -0.1) is 0 Å². The van der Waals surface area contributed by atoms with E-state index >= 15 is 0 Å². The number of carbonyl (C=O) groups excluding carboxylic acids is 2. The highest BCUT2D eigenvalue weighted by Crippen LogP contribution is 2.31. The molecular formula is C20H22N2O2S. The normalized spacial score (nSPS) is 21.8. The van der Waals surface area contributed by atoms with Crippen LogP contribution in [0.4, 0.5) is 5.69 Å². The molecule has 0 radical (unpaired) electrons. The first kappa shape index (κ1) is 16.3. The fraction of sp³-hybridized carbons (Fsp3) is 0.400. The highest BCUT2D eigenvalue weighted by atomic mass is 32.1. The van der Waals surface area contributed by atoms with Gasteiger partial charge in [-0.3, -0.25) is 9.59 Å². The first-order valence-electron chi connectivity index (χ1n) is 8.88. The van der Waals surface area contributed by atoms with Crippen molar-refractivity contribution in [2.24, 2.45) is 5.92 Å². The lowest BCUT2D eigenvalue weighted by Crippen LogP contribution is -2.42. The van der Waals surface area contributed by atoms with Gasteiger partial charge in [0.15, 0.2) is 0 Å². The number of anilines is 1. The second kappa shape index (κ2) is 7.00. The topological polar surface area (TPSA) is 40.6 Å². The second-order valence-electron chi connectivity index (χ2n) is 6.90. The van der Waals surface area contributed by atoms with E-state index in [4.69, 9.17) is 0 Å². The van der Waals surface area contributed by atoms with Gasteiger partial charge in [0.2, 0.25) is 11.8 Å². The van der Waals surface area contributed by atoms with Gasteiger partial charge in [-0.1, -0.05) is 18.2 Å². The van der Waals surface area contributed by atoms with Gasteiger partial charge in [0.25, 0.3) is 0 Å². The predicted molar refractivity (Wildman–Crippen MR) is 99.8 cm³/mol. The van der Waals surface area contributed by atoms with Crippen molar-refractivity contribution in [1.29, 1.82) is 0 Å². The molecule has 2 aliphatic heterocycles. The molecule has 1 atom stereocenters. The van der Waals surface area contributed by atoms with E-state index in [1.165, 1.54) is 5.56 Å². The van der Waals surface area contributed by atoms with E-state index in [0.29, 0.717) is 18.9 Å². The number of thiophene rings is 1. The largest absolute Gasteiger partial charge is 0.342 e. The average Bonchev–Trinajstić information content (AvgIpc) is 3.32. The Morgan fingerprint density at radius 1 is 1.08 bits per heavy atom. The molecule has 0 saturated carbocycles. The molecule has 1 unspecified atom stereocenters. The number of carbonyl (C=O) groups is 2. The summed E-state index contributed by atoms with van der Waals surface area (Å²) in [4.78, 5) is 28.9. The lowest BCUT2D eigenvalue weighted by molar-refractivity contribution is -0.136. The molecule has 1 aromatic heterocycles. The monoisotopic (exact) mass is 354 g/mol. The van der Waals surface area contributed by atoms with Crippen LogP contribution in [0.15, 0.2) is 47.2 Å². The lowest BCUT2D eigenvalue weighted by Gasteiger charge is -2.33. The number of likely N-dealkylation sites (tertiary alicyclic amines) is 1. The fourth-order valence-corrected chi connectivity index (χ4v) is 4.67. The zero-order valence-electron chi connectivity index (χ0n) is 14.1. The van der Waals surface area contributed by atoms with Crippen LogP contribution in [0.2, 0.25) is 0 Å². The van der Waals surface area contributed by atoms with Crippen LogP contribution in [0.3, 0.4) is 0 Å². The highest BCUT2D eigenvalue weighted by Gasteiger charge is 2.38. The quantitative estimate of drug-likeness (QED) is 0.846. The molecule has 0 spiro atoms. The highest BCUT2D eigenvalue weighted by molar-refractivity contribution is 7.07. The maximum Gasteiger partial charge on any atom is 0.228 e. The van der Waals surface area contributed by atoms with E-state index in [-0.39, 0.29) is 17.7 Å². The van der Waals surface area contributed by atoms with E-state index in [2.05, 4.69) is 16.8 Å². The molecule has 0 bridgehead atoms. The van der Waals surface area contributed by atoms with E-state index in [9.17, 15) is 9.59 Å². The Labute approximate surface area is 152 Å². The summed E-state index contributed by atoms with van der Waals surface area (Å²) in [6.07, 6.45) is 2.37. The molecule has 0 N–H and O–H groups in total. The van der Waals surface area contributed by atoms with Gasteiger partial charge in [0.05, 0.1) is 5.92 Å². The van der Waals surface area contributed by atoms with Crippen molar-refractivity contribution in [1.82, 2.24) is 4.90 Å². The van der Waals surface area contributed by atoms with E-state index < -0.39 is 0 Å². The van der Waals surface area contributed by atoms with E-state index in [0.717, 1.165) is 31.6 Å². The Morgan fingerprint density at radius 3 is 2.52 bits per heavy atom. The molecule has 2 amide bonds. The molecule has 2 aliphatic rings. The third-order valence-corrected chi connectivity index (χ3v) is 6.06. The standard InChI is InChI=1S/C20H22N2O2S/c23-19-12-17(13-22(19)18-4-2-1-3-5-18)20(24)21-9-6-15(7-10-21)16-8-11-25-14-16/h1-5,8,11,14-15,17H,6-7,9-10,12-13H2. The zero-order chi connectivity index (χ0) is 17.2. The van der Waals surface area contributed by atoms with Crippen molar-refractivity contribution in [3.8, 4) is 0 Å². The average molecular weight is 354 g/mol. The van der Waals surface area contributed by atoms with E-state index in [1.54, 1.807) is 16.2 Å². The molecule has 130 valence electrons. The Hall–Kier alpha value is -2.14. The maximum absolute atomic E-state index is 12.9. The molecule has 5 heteroatoms. The summed E-state index contributed by atoms with van der Waals surface area (Å²) in [6, 6.07) is 11.8. The summed E-state index contributed by atoms with van der Waals surface area (Å²) in [7, 11) is 0. The van der Waals surface area contributed by atoms with Crippen LogP contribution < -0.4 is 4.90 Å². The molecule has 2 saturated heterocycles.